The smallest absolute Gasteiger partial charge is 0.425 e. The number of hydrogen-bond donors (Lipinski definition) is 1. The van der Waals surface area contributed by atoms with Crippen LogP contribution in [0.2, 0.25) is 0 Å². The fourth-order valence-electron chi connectivity index (χ4n) is 3.51. The molecule has 1 atom stereocenters. The first-order chi connectivity index (χ1) is 16.4. The fourth-order valence-corrected chi connectivity index (χ4v) is 3.51. The summed E-state index contributed by atoms with van der Waals surface area (Å²) in [5.41, 5.74) is -1.68. The van der Waals surface area contributed by atoms with E-state index in [1.165, 1.54) is 30.7 Å². The number of anilines is 1. The predicted molar refractivity (Wildman–Crippen MR) is 116 cm³/mol. The Morgan fingerprint density at radius 1 is 1.20 bits per heavy atom. The highest BCUT2D eigenvalue weighted by Gasteiger charge is 2.39. The third-order valence-electron chi connectivity index (χ3n) is 5.70. The van der Waals surface area contributed by atoms with Gasteiger partial charge in [-0.05, 0) is 44.4 Å². The minimum atomic E-state index is -4.80. The highest BCUT2D eigenvalue weighted by molar-refractivity contribution is 6.06. The van der Waals surface area contributed by atoms with E-state index in [2.05, 4.69) is 10.4 Å². The van der Waals surface area contributed by atoms with Crippen LogP contribution in [0.15, 0.2) is 35.1 Å². The van der Waals surface area contributed by atoms with Crippen molar-refractivity contribution >= 4 is 11.6 Å². The maximum atomic E-state index is 15.1. The van der Waals surface area contributed by atoms with E-state index in [1.54, 1.807) is 0 Å². The van der Waals surface area contributed by atoms with E-state index in [1.807, 2.05) is 0 Å². The molecule has 1 N–H and O–H groups in total. The molecule has 1 fully saturated rings. The predicted octanol–water partition coefficient (Wildman–Crippen LogP) is 4.62. The molecule has 35 heavy (non-hydrogen) atoms. The molecule has 2 aromatic carbocycles. The van der Waals surface area contributed by atoms with E-state index in [9.17, 15) is 27.2 Å². The van der Waals surface area contributed by atoms with E-state index >= 15 is 4.39 Å². The Bertz CT molecular complexity index is 1340. The molecule has 0 radical (unpaired) electrons. The molecule has 186 valence electrons. The first-order valence-electron chi connectivity index (χ1n) is 10.7. The van der Waals surface area contributed by atoms with E-state index in [0.717, 1.165) is 29.7 Å². The van der Waals surface area contributed by atoms with Crippen LogP contribution in [0.4, 0.5) is 27.6 Å². The van der Waals surface area contributed by atoms with Gasteiger partial charge < -0.3 is 10.1 Å². The van der Waals surface area contributed by atoms with Gasteiger partial charge in [0.05, 0.1) is 11.3 Å². The Morgan fingerprint density at radius 3 is 2.49 bits per heavy atom. The van der Waals surface area contributed by atoms with Crippen LogP contribution in [-0.2, 0) is 7.05 Å². The van der Waals surface area contributed by atoms with E-state index < -0.39 is 52.5 Å². The van der Waals surface area contributed by atoms with Crippen molar-refractivity contribution in [2.75, 3.05) is 5.32 Å². The molecule has 1 saturated carbocycles. The number of carbonyl (C=O) groups is 1. The van der Waals surface area contributed by atoms with Crippen LogP contribution in [0.25, 0.3) is 5.69 Å². The number of nitrogens with zero attached hydrogens (tertiary/aromatic N) is 3. The molecular formula is C23H21F5N4O3. The van der Waals surface area contributed by atoms with Crippen molar-refractivity contribution in [3.8, 4) is 11.4 Å². The van der Waals surface area contributed by atoms with Gasteiger partial charge in [-0.3, -0.25) is 9.36 Å². The number of carbonyl (C=O) groups excluding carboxylic acids is 1. The van der Waals surface area contributed by atoms with Gasteiger partial charge in [0.2, 0.25) is 0 Å². The van der Waals surface area contributed by atoms with Gasteiger partial charge in [-0.1, -0.05) is 12.1 Å². The molecule has 1 heterocycles. The van der Waals surface area contributed by atoms with Gasteiger partial charge in [0, 0.05) is 19.0 Å². The summed E-state index contributed by atoms with van der Waals surface area (Å²) in [6.07, 6.45) is -5.56. The van der Waals surface area contributed by atoms with Gasteiger partial charge in [0.15, 0.2) is 6.10 Å². The zero-order valence-corrected chi connectivity index (χ0v) is 18.9. The monoisotopic (exact) mass is 496 g/mol. The zero-order chi connectivity index (χ0) is 25.7. The van der Waals surface area contributed by atoms with Gasteiger partial charge in [-0.15, -0.1) is 5.10 Å². The molecule has 3 aromatic rings. The van der Waals surface area contributed by atoms with Crippen molar-refractivity contribution in [3.63, 3.8) is 0 Å². The number of para-hydroxylation sites is 1. The van der Waals surface area contributed by atoms with Crippen molar-refractivity contribution < 1.29 is 31.5 Å². The lowest BCUT2D eigenvalue weighted by molar-refractivity contribution is -0.189. The molecule has 1 amide bonds. The van der Waals surface area contributed by atoms with Crippen molar-refractivity contribution in [1.29, 1.82) is 0 Å². The number of ether oxygens (including phenoxy) is 1. The van der Waals surface area contributed by atoms with E-state index in [4.69, 9.17) is 4.74 Å². The second kappa shape index (κ2) is 8.82. The Kier molecular flexibility index (Phi) is 6.16. The van der Waals surface area contributed by atoms with Crippen molar-refractivity contribution in [1.82, 2.24) is 14.3 Å². The summed E-state index contributed by atoms with van der Waals surface area (Å²) in [4.78, 5) is 25.6. The van der Waals surface area contributed by atoms with Crippen LogP contribution in [0.5, 0.6) is 5.75 Å². The first kappa shape index (κ1) is 24.4. The maximum Gasteiger partial charge on any atom is 0.425 e. The van der Waals surface area contributed by atoms with Crippen LogP contribution in [-0.4, -0.2) is 32.5 Å². The molecule has 12 heteroatoms. The molecule has 0 spiro atoms. The number of alkyl halides is 3. The molecule has 0 unspecified atom stereocenters. The van der Waals surface area contributed by atoms with Gasteiger partial charge in [0.1, 0.15) is 28.9 Å². The molecule has 7 nitrogen and oxygen atoms in total. The number of rotatable bonds is 6. The third-order valence-corrected chi connectivity index (χ3v) is 5.70. The maximum absolute atomic E-state index is 15.1. The van der Waals surface area contributed by atoms with Crippen LogP contribution < -0.4 is 15.7 Å². The normalized spacial score (nSPS) is 14.6. The SMILES string of the molecule is Cc1cccc(F)c1NC(=O)c1cc(F)c(-n2nc(C3CC3)n(C)c2=O)cc1O[C@@H](C)C(F)(F)F. The average Bonchev–Trinajstić information content (AvgIpc) is 3.57. The van der Waals surface area contributed by atoms with Crippen LogP contribution in [0.3, 0.4) is 0 Å². The van der Waals surface area contributed by atoms with Crippen LogP contribution >= 0.6 is 0 Å². The standard InChI is InChI=1S/C23H21F5N4O3/c1-11-5-4-6-15(24)19(11)29-21(33)14-9-16(25)17(10-18(14)35-12(2)23(26,27)28)32-22(34)31(3)20(30-32)13-7-8-13/h4-6,9-10,12-13H,7-8H2,1-3H3,(H,29,33)/t12-/m0/s1. The summed E-state index contributed by atoms with van der Waals surface area (Å²) in [5, 5.41) is 6.39. The molecule has 1 aromatic heterocycles. The Labute approximate surface area is 196 Å². The number of benzene rings is 2. The summed E-state index contributed by atoms with van der Waals surface area (Å²) < 4.78 is 75.9. The van der Waals surface area contributed by atoms with E-state index in [0.29, 0.717) is 24.4 Å². The number of nitrogens with one attached hydrogen (secondary N) is 1. The lowest BCUT2D eigenvalue weighted by atomic mass is 10.1. The lowest BCUT2D eigenvalue weighted by Gasteiger charge is -2.20. The second-order valence-electron chi connectivity index (χ2n) is 8.37. The molecule has 0 saturated heterocycles. The fraction of sp³-hybridized carbons (Fsp3) is 0.348. The molecule has 4 rings (SSSR count). The minimum Gasteiger partial charge on any atom is -0.480 e. The van der Waals surface area contributed by atoms with Crippen LogP contribution in [0, 0.1) is 18.6 Å². The van der Waals surface area contributed by atoms with Gasteiger partial charge >= 0.3 is 11.9 Å². The molecule has 0 bridgehead atoms. The van der Waals surface area contributed by atoms with Crippen molar-refractivity contribution in [2.45, 2.75) is 44.9 Å². The molecule has 0 aliphatic heterocycles. The zero-order valence-electron chi connectivity index (χ0n) is 18.9. The highest BCUT2D eigenvalue weighted by atomic mass is 19.4. The largest absolute Gasteiger partial charge is 0.480 e. The Hall–Kier alpha value is -3.70. The average molecular weight is 496 g/mol. The second-order valence-corrected chi connectivity index (χ2v) is 8.37. The Morgan fingerprint density at radius 2 is 1.89 bits per heavy atom. The Balaban J connectivity index is 1.81. The number of amides is 1. The molecular weight excluding hydrogens is 475 g/mol. The number of hydrogen-bond acceptors (Lipinski definition) is 4. The summed E-state index contributed by atoms with van der Waals surface area (Å²) in [5.74, 6) is -3.18. The lowest BCUT2D eigenvalue weighted by Crippen LogP contribution is -2.32. The minimum absolute atomic E-state index is 0.0343. The van der Waals surface area contributed by atoms with Crippen molar-refractivity contribution in [3.05, 3.63) is 69.4 Å². The van der Waals surface area contributed by atoms with Crippen LogP contribution in [0.1, 0.15) is 47.4 Å². The molecule has 1 aliphatic rings. The van der Waals surface area contributed by atoms with Gasteiger partial charge in [0.25, 0.3) is 5.91 Å². The highest BCUT2D eigenvalue weighted by Crippen LogP contribution is 2.38. The first-order valence-corrected chi connectivity index (χ1v) is 10.7. The summed E-state index contributed by atoms with van der Waals surface area (Å²) in [7, 11) is 1.46. The third kappa shape index (κ3) is 4.77. The van der Waals surface area contributed by atoms with Gasteiger partial charge in [-0.2, -0.15) is 17.9 Å². The van der Waals surface area contributed by atoms with Crippen molar-refractivity contribution in [2.24, 2.45) is 7.05 Å². The summed E-state index contributed by atoms with van der Waals surface area (Å²) in [6.45, 7) is 2.22. The summed E-state index contributed by atoms with van der Waals surface area (Å²) in [6, 6.07) is 5.45. The molecule has 1 aliphatic carbocycles. The quantitative estimate of drug-likeness (QED) is 0.506. The number of aryl methyl sites for hydroxylation is 1. The topological polar surface area (TPSA) is 78.2 Å². The number of halogens is 5. The van der Waals surface area contributed by atoms with E-state index in [-0.39, 0.29) is 11.6 Å². The summed E-state index contributed by atoms with van der Waals surface area (Å²) >= 11 is 0. The number of aromatic nitrogens is 3. The van der Waals surface area contributed by atoms with Gasteiger partial charge in [-0.25, -0.2) is 13.6 Å².